The Labute approximate surface area is 238 Å². The van der Waals surface area contributed by atoms with Gasteiger partial charge in [0.15, 0.2) is 0 Å². The fourth-order valence-electron chi connectivity index (χ4n) is 5.66. The van der Waals surface area contributed by atoms with E-state index in [4.69, 9.17) is 5.73 Å². The van der Waals surface area contributed by atoms with Crippen LogP contribution in [-0.4, -0.2) is 49.1 Å². The maximum absolute atomic E-state index is 13.3. The molecule has 1 aliphatic heterocycles. The summed E-state index contributed by atoms with van der Waals surface area (Å²) in [5.74, 6) is 0.269. The first-order valence-corrected chi connectivity index (χ1v) is 13.7. The van der Waals surface area contributed by atoms with E-state index in [1.807, 2.05) is 25.7 Å². The third kappa shape index (κ3) is 5.29. The molecule has 0 bridgehead atoms. The van der Waals surface area contributed by atoms with Crippen molar-refractivity contribution in [1.29, 1.82) is 5.26 Å². The molecule has 1 spiro atoms. The van der Waals surface area contributed by atoms with Crippen molar-refractivity contribution in [2.45, 2.75) is 64.3 Å². The molecule has 0 radical (unpaired) electrons. The summed E-state index contributed by atoms with van der Waals surface area (Å²) in [6, 6.07) is 6.06. The Morgan fingerprint density at radius 1 is 1.30 bits per heavy atom. The van der Waals surface area contributed by atoms with E-state index in [9.17, 15) is 23.2 Å². The third-order valence-corrected chi connectivity index (χ3v) is 8.51. The Kier molecular flexibility index (Phi) is 6.89. The third-order valence-electron chi connectivity index (χ3n) is 7.57. The highest BCUT2D eigenvalue weighted by atomic mass is 79.9. The molecule has 1 saturated heterocycles. The molecule has 3 aromatic rings. The number of nitrogens with two attached hydrogens (primary N) is 1. The molecule has 1 saturated carbocycles. The first kappa shape index (κ1) is 28.0. The second-order valence-electron chi connectivity index (χ2n) is 11.8. The zero-order chi connectivity index (χ0) is 29.0. The van der Waals surface area contributed by atoms with Crippen LogP contribution in [0.25, 0.3) is 11.3 Å². The van der Waals surface area contributed by atoms with Crippen molar-refractivity contribution in [3.63, 3.8) is 0 Å². The summed E-state index contributed by atoms with van der Waals surface area (Å²) < 4.78 is 43.1. The Hall–Kier alpha value is -3.53. The molecule has 2 amide bonds. The van der Waals surface area contributed by atoms with Crippen molar-refractivity contribution in [3.8, 4) is 17.3 Å². The number of alkyl halides is 3. The average molecular weight is 619 g/mol. The van der Waals surface area contributed by atoms with Crippen molar-refractivity contribution in [1.82, 2.24) is 29.8 Å². The van der Waals surface area contributed by atoms with Crippen LogP contribution in [0.1, 0.15) is 62.8 Å². The summed E-state index contributed by atoms with van der Waals surface area (Å²) in [7, 11) is 0. The lowest BCUT2D eigenvalue weighted by Crippen LogP contribution is -2.49. The number of carbonyl (C=O) groups is 1. The second kappa shape index (κ2) is 9.83. The van der Waals surface area contributed by atoms with Crippen molar-refractivity contribution in [2.24, 2.45) is 5.41 Å². The molecule has 3 heterocycles. The van der Waals surface area contributed by atoms with E-state index in [0.717, 1.165) is 25.3 Å². The van der Waals surface area contributed by atoms with E-state index in [0.29, 0.717) is 29.9 Å². The Bertz CT molecular complexity index is 1490. The molecule has 40 heavy (non-hydrogen) atoms. The number of anilines is 1. The monoisotopic (exact) mass is 618 g/mol. The van der Waals surface area contributed by atoms with Crippen LogP contribution < -0.4 is 11.1 Å². The molecule has 5 rings (SSSR count). The molecule has 1 aliphatic carbocycles. The number of benzene rings is 1. The number of nitriles is 1. The second-order valence-corrected chi connectivity index (χ2v) is 12.6. The number of hydrogen-bond donors (Lipinski definition) is 2. The number of amides is 2. The van der Waals surface area contributed by atoms with Crippen LogP contribution in [-0.2, 0) is 12.7 Å². The smallest absolute Gasteiger partial charge is 0.383 e. The Morgan fingerprint density at radius 2 is 2.02 bits per heavy atom. The number of rotatable bonds is 4. The standard InChI is InChI=1S/C27H30BrF3N8O/c1-25(2,3)35-24(40)37-8-7-26(15-37)9-18(10-26)39-23(33)19(11-32)22(36-39)17-12-34-38(14-17)13-16-5-4-6-20(21(16)28)27(29,30)31/h4-6,12,14,18H,7-10,13,15,33H2,1-3H3,(H,35,40). The SMILES string of the molecule is CC(C)(C)NC(=O)N1CCC2(CC(n3nc(-c4cnn(Cc5cccc(C(F)(F)F)c5Br)c4)c(C#N)c3N)C2)C1. The van der Waals surface area contributed by atoms with Crippen LogP contribution in [0.2, 0.25) is 0 Å². The highest BCUT2D eigenvalue weighted by Crippen LogP contribution is 2.54. The molecule has 0 unspecified atom stereocenters. The number of likely N-dealkylation sites (tertiary alicyclic amines) is 1. The number of hydrogen-bond acceptors (Lipinski definition) is 5. The topological polar surface area (TPSA) is 118 Å². The predicted molar refractivity (Wildman–Crippen MR) is 146 cm³/mol. The van der Waals surface area contributed by atoms with Gasteiger partial charge in [0.05, 0.1) is 24.3 Å². The molecule has 13 heteroatoms. The van der Waals surface area contributed by atoms with Gasteiger partial charge in [-0.25, -0.2) is 9.48 Å². The van der Waals surface area contributed by atoms with Gasteiger partial charge in [-0.3, -0.25) is 4.68 Å². The Balaban J connectivity index is 1.31. The molecule has 2 aromatic heterocycles. The number of aromatic nitrogens is 4. The summed E-state index contributed by atoms with van der Waals surface area (Å²) in [6.07, 6.45) is 1.19. The number of nitrogens with zero attached hydrogens (tertiary/aromatic N) is 6. The highest BCUT2D eigenvalue weighted by Gasteiger charge is 2.51. The lowest BCUT2D eigenvalue weighted by molar-refractivity contribution is -0.138. The number of halogens is 4. The van der Waals surface area contributed by atoms with Crippen LogP contribution in [0.4, 0.5) is 23.8 Å². The van der Waals surface area contributed by atoms with Crippen molar-refractivity contribution >= 4 is 27.8 Å². The first-order valence-electron chi connectivity index (χ1n) is 12.9. The van der Waals surface area contributed by atoms with Gasteiger partial charge in [-0.05, 0) is 73.0 Å². The summed E-state index contributed by atoms with van der Waals surface area (Å²) in [6.45, 7) is 7.31. The molecule has 212 valence electrons. The normalized spacial score (nSPS) is 20.9. The predicted octanol–water partition coefficient (Wildman–Crippen LogP) is 5.57. The van der Waals surface area contributed by atoms with Gasteiger partial charge >= 0.3 is 12.2 Å². The molecule has 9 nitrogen and oxygen atoms in total. The quantitative estimate of drug-likeness (QED) is 0.397. The number of nitrogens with one attached hydrogen (secondary N) is 1. The number of carbonyl (C=O) groups excluding carboxylic acids is 1. The first-order chi connectivity index (χ1) is 18.7. The van der Waals surface area contributed by atoms with E-state index in [2.05, 4.69) is 37.5 Å². The zero-order valence-corrected chi connectivity index (χ0v) is 24.0. The largest absolute Gasteiger partial charge is 0.417 e. The van der Waals surface area contributed by atoms with Gasteiger partial charge in [0.2, 0.25) is 0 Å². The van der Waals surface area contributed by atoms with Crippen LogP contribution in [0, 0.1) is 16.7 Å². The number of nitrogen functional groups attached to an aromatic ring is 1. The van der Waals surface area contributed by atoms with Gasteiger partial charge in [-0.15, -0.1) is 0 Å². The Morgan fingerprint density at radius 3 is 2.67 bits per heavy atom. The average Bonchev–Trinajstić information content (AvgIpc) is 3.55. The van der Waals surface area contributed by atoms with Gasteiger partial charge in [-0.2, -0.15) is 28.6 Å². The molecule has 3 N–H and O–H groups in total. The van der Waals surface area contributed by atoms with E-state index in [1.54, 1.807) is 16.9 Å². The molecule has 0 atom stereocenters. The van der Waals surface area contributed by atoms with E-state index < -0.39 is 11.7 Å². The highest BCUT2D eigenvalue weighted by molar-refractivity contribution is 9.10. The van der Waals surface area contributed by atoms with E-state index >= 15 is 0 Å². The number of urea groups is 1. The van der Waals surface area contributed by atoms with Crippen LogP contribution in [0.15, 0.2) is 35.1 Å². The maximum Gasteiger partial charge on any atom is 0.417 e. The molecular formula is C27H30BrF3N8O. The van der Waals surface area contributed by atoms with Gasteiger partial charge < -0.3 is 16.0 Å². The summed E-state index contributed by atoms with van der Waals surface area (Å²) >= 11 is 3.08. The summed E-state index contributed by atoms with van der Waals surface area (Å²) in [4.78, 5) is 14.5. The molecule has 2 fully saturated rings. The molecular weight excluding hydrogens is 589 g/mol. The van der Waals surface area contributed by atoms with Gasteiger partial charge in [-0.1, -0.05) is 12.1 Å². The van der Waals surface area contributed by atoms with Crippen molar-refractivity contribution in [3.05, 3.63) is 51.8 Å². The van der Waals surface area contributed by atoms with E-state index in [1.165, 1.54) is 16.9 Å². The fraction of sp³-hybridized carbons (Fsp3) is 0.481. The van der Waals surface area contributed by atoms with Crippen molar-refractivity contribution in [2.75, 3.05) is 18.8 Å². The summed E-state index contributed by atoms with van der Waals surface area (Å²) in [5, 5.41) is 21.8. The fourth-order valence-corrected chi connectivity index (χ4v) is 6.27. The van der Waals surface area contributed by atoms with Crippen LogP contribution >= 0.6 is 15.9 Å². The minimum Gasteiger partial charge on any atom is -0.383 e. The minimum atomic E-state index is -4.48. The lowest BCUT2D eigenvalue weighted by Gasteiger charge is -2.45. The zero-order valence-electron chi connectivity index (χ0n) is 22.4. The minimum absolute atomic E-state index is 0.00239. The van der Waals surface area contributed by atoms with E-state index in [-0.39, 0.29) is 45.4 Å². The molecule has 2 aliphatic rings. The molecule has 1 aromatic carbocycles. The maximum atomic E-state index is 13.3. The van der Waals surface area contributed by atoms with Gasteiger partial charge in [0.25, 0.3) is 0 Å². The lowest BCUT2D eigenvalue weighted by atomic mass is 9.65. The van der Waals surface area contributed by atoms with Crippen LogP contribution in [0.5, 0.6) is 0 Å². The van der Waals surface area contributed by atoms with Crippen LogP contribution in [0.3, 0.4) is 0 Å². The van der Waals surface area contributed by atoms with Crippen molar-refractivity contribution < 1.29 is 18.0 Å². The van der Waals surface area contributed by atoms with Gasteiger partial charge in [0, 0.05) is 34.9 Å². The summed E-state index contributed by atoms with van der Waals surface area (Å²) in [5.41, 5.74) is 6.89. The van der Waals surface area contributed by atoms with Gasteiger partial charge in [0.1, 0.15) is 23.1 Å².